The normalized spacial score (nSPS) is 12.8. The molecule has 0 saturated heterocycles. The van der Waals surface area contributed by atoms with E-state index in [-0.39, 0.29) is 31.0 Å². The van der Waals surface area contributed by atoms with Gasteiger partial charge in [0.15, 0.2) is 6.61 Å². The first-order valence-corrected chi connectivity index (χ1v) is 11.5. The van der Waals surface area contributed by atoms with Gasteiger partial charge in [-0.15, -0.1) is 0 Å². The Kier molecular flexibility index (Phi) is 9.41. The molecule has 5 nitrogen and oxygen atoms in total. The maximum atomic E-state index is 13.3. The van der Waals surface area contributed by atoms with Crippen LogP contribution < -0.4 is 10.1 Å². The van der Waals surface area contributed by atoms with Crippen molar-refractivity contribution in [3.8, 4) is 5.75 Å². The quantitative estimate of drug-likeness (QED) is 0.507. The lowest BCUT2D eigenvalue weighted by molar-refractivity contribution is -0.142. The Bertz CT molecular complexity index is 958. The number of carbonyl (C=O) groups is 2. The number of hydrogen-bond donors (Lipinski definition) is 1. The Morgan fingerprint density at radius 2 is 1.72 bits per heavy atom. The molecule has 2 atom stereocenters. The van der Waals surface area contributed by atoms with E-state index >= 15 is 0 Å². The second-order valence-electron chi connectivity index (χ2n) is 8.21. The number of nitrogens with one attached hydrogen (secondary N) is 1. The monoisotopic (exact) mass is 478 g/mol. The van der Waals surface area contributed by atoms with E-state index in [1.54, 1.807) is 25.1 Å². The van der Waals surface area contributed by atoms with E-state index in [0.717, 1.165) is 23.1 Å². The minimum Gasteiger partial charge on any atom is -0.483 e. The third-order valence-corrected chi connectivity index (χ3v) is 6.38. The lowest BCUT2D eigenvalue weighted by atomic mass is 10.1. The van der Waals surface area contributed by atoms with Gasteiger partial charge in [0.05, 0.1) is 0 Å². The van der Waals surface area contributed by atoms with Crippen LogP contribution in [0, 0.1) is 20.8 Å². The van der Waals surface area contributed by atoms with Crippen LogP contribution in [-0.4, -0.2) is 35.4 Å². The van der Waals surface area contributed by atoms with Crippen molar-refractivity contribution < 1.29 is 14.3 Å². The van der Waals surface area contributed by atoms with E-state index in [1.807, 2.05) is 40.7 Å². The standard InChI is InChI=1S/C25H32Cl2N2O3/c1-7-17(4)28-25(31)19(6)29(13-20-21(26)9-8-10-22(20)27)24(30)14-32-23-12-15(2)11-16(3)18(23)5/h8-12,17,19H,7,13-14H2,1-6H3,(H,28,31). The van der Waals surface area contributed by atoms with Gasteiger partial charge in [-0.1, -0.05) is 42.3 Å². The van der Waals surface area contributed by atoms with Gasteiger partial charge in [-0.2, -0.15) is 0 Å². The molecule has 0 saturated carbocycles. The zero-order valence-corrected chi connectivity index (χ0v) is 21.1. The molecule has 2 aromatic rings. The maximum absolute atomic E-state index is 13.3. The van der Waals surface area contributed by atoms with Gasteiger partial charge < -0.3 is 15.0 Å². The van der Waals surface area contributed by atoms with Crippen LogP contribution in [0.4, 0.5) is 0 Å². The number of rotatable bonds is 9. The topological polar surface area (TPSA) is 58.6 Å². The summed E-state index contributed by atoms with van der Waals surface area (Å²) in [5.41, 5.74) is 3.71. The number of aryl methyl sites for hydroxylation is 2. The summed E-state index contributed by atoms with van der Waals surface area (Å²) < 4.78 is 5.88. The Balaban J connectivity index is 2.28. The molecule has 32 heavy (non-hydrogen) atoms. The third kappa shape index (κ3) is 6.63. The van der Waals surface area contributed by atoms with Crippen LogP contribution in [0.25, 0.3) is 0 Å². The van der Waals surface area contributed by atoms with Gasteiger partial charge in [-0.3, -0.25) is 9.59 Å². The number of benzene rings is 2. The van der Waals surface area contributed by atoms with E-state index < -0.39 is 6.04 Å². The molecule has 0 bridgehead atoms. The average molecular weight is 479 g/mol. The van der Waals surface area contributed by atoms with Gasteiger partial charge in [0.2, 0.25) is 5.91 Å². The molecule has 1 N–H and O–H groups in total. The van der Waals surface area contributed by atoms with E-state index in [0.29, 0.717) is 21.4 Å². The summed E-state index contributed by atoms with van der Waals surface area (Å²) in [4.78, 5) is 27.5. The number of carbonyl (C=O) groups excluding carboxylic acids is 2. The van der Waals surface area contributed by atoms with Crippen LogP contribution in [-0.2, 0) is 16.1 Å². The highest BCUT2D eigenvalue weighted by Gasteiger charge is 2.28. The lowest BCUT2D eigenvalue weighted by Crippen LogP contribution is -2.50. The molecule has 2 unspecified atom stereocenters. The van der Waals surface area contributed by atoms with Gasteiger partial charge in [0.1, 0.15) is 11.8 Å². The minimum absolute atomic E-state index is 0.0000259. The molecule has 2 amide bonds. The molecule has 7 heteroatoms. The number of ether oxygens (including phenoxy) is 1. The molecule has 0 aromatic heterocycles. The zero-order chi connectivity index (χ0) is 24.0. The summed E-state index contributed by atoms with van der Waals surface area (Å²) in [5, 5.41) is 3.82. The first kappa shape index (κ1) is 26.0. The van der Waals surface area contributed by atoms with Crippen molar-refractivity contribution in [3.63, 3.8) is 0 Å². The number of hydrogen-bond acceptors (Lipinski definition) is 3. The van der Waals surface area contributed by atoms with Crippen molar-refractivity contribution in [1.29, 1.82) is 0 Å². The van der Waals surface area contributed by atoms with Crippen LogP contribution in [0.1, 0.15) is 49.4 Å². The molecule has 2 aromatic carbocycles. The van der Waals surface area contributed by atoms with Crippen LogP contribution in [0.15, 0.2) is 30.3 Å². The number of halogens is 2. The van der Waals surface area contributed by atoms with E-state index in [9.17, 15) is 9.59 Å². The zero-order valence-electron chi connectivity index (χ0n) is 19.6. The van der Waals surface area contributed by atoms with Crippen molar-refractivity contribution >= 4 is 35.0 Å². The molecule has 0 fully saturated rings. The average Bonchev–Trinajstić information content (AvgIpc) is 2.74. The highest BCUT2D eigenvalue weighted by atomic mass is 35.5. The van der Waals surface area contributed by atoms with Gasteiger partial charge in [-0.05, 0) is 75.9 Å². The van der Waals surface area contributed by atoms with E-state index in [2.05, 4.69) is 11.4 Å². The Morgan fingerprint density at radius 1 is 1.09 bits per heavy atom. The molecule has 174 valence electrons. The summed E-state index contributed by atoms with van der Waals surface area (Å²) in [6, 6.07) is 8.41. The van der Waals surface area contributed by atoms with Crippen LogP contribution in [0.5, 0.6) is 5.75 Å². The first-order valence-electron chi connectivity index (χ1n) is 10.8. The second-order valence-corrected chi connectivity index (χ2v) is 9.02. The molecular weight excluding hydrogens is 447 g/mol. The van der Waals surface area contributed by atoms with Crippen molar-refractivity contribution in [2.45, 2.75) is 66.6 Å². The summed E-state index contributed by atoms with van der Waals surface area (Å²) in [7, 11) is 0. The van der Waals surface area contributed by atoms with Crippen LogP contribution in [0.2, 0.25) is 10.0 Å². The fourth-order valence-corrected chi connectivity index (χ4v) is 3.79. The van der Waals surface area contributed by atoms with Crippen LogP contribution in [0.3, 0.4) is 0 Å². The van der Waals surface area contributed by atoms with E-state index in [4.69, 9.17) is 27.9 Å². The summed E-state index contributed by atoms with van der Waals surface area (Å²) >= 11 is 12.7. The molecular formula is C25H32Cl2N2O3. The lowest BCUT2D eigenvalue weighted by Gasteiger charge is -2.30. The fourth-order valence-electron chi connectivity index (χ4n) is 3.27. The summed E-state index contributed by atoms with van der Waals surface area (Å²) in [6.45, 7) is 11.4. The van der Waals surface area contributed by atoms with Crippen LogP contribution >= 0.6 is 23.2 Å². The Labute approximate surface area is 201 Å². The third-order valence-electron chi connectivity index (χ3n) is 5.67. The van der Waals surface area contributed by atoms with Gasteiger partial charge in [0.25, 0.3) is 5.91 Å². The molecule has 0 aliphatic carbocycles. The van der Waals surface area contributed by atoms with Gasteiger partial charge in [0, 0.05) is 28.2 Å². The molecule has 2 rings (SSSR count). The summed E-state index contributed by atoms with van der Waals surface area (Å²) in [5.74, 6) is 0.0908. The fraction of sp³-hybridized carbons (Fsp3) is 0.440. The van der Waals surface area contributed by atoms with Crippen molar-refractivity contribution in [3.05, 3.63) is 62.6 Å². The van der Waals surface area contributed by atoms with E-state index in [1.165, 1.54) is 4.90 Å². The first-order chi connectivity index (χ1) is 15.0. The van der Waals surface area contributed by atoms with Crippen molar-refractivity contribution in [1.82, 2.24) is 10.2 Å². The molecule has 0 aliphatic heterocycles. The summed E-state index contributed by atoms with van der Waals surface area (Å²) in [6.07, 6.45) is 0.790. The Hall–Kier alpha value is -2.24. The number of nitrogens with zero attached hydrogens (tertiary/aromatic N) is 1. The second kappa shape index (κ2) is 11.6. The maximum Gasteiger partial charge on any atom is 0.261 e. The highest BCUT2D eigenvalue weighted by molar-refractivity contribution is 6.36. The molecule has 0 heterocycles. The molecule has 0 radical (unpaired) electrons. The predicted molar refractivity (Wildman–Crippen MR) is 131 cm³/mol. The largest absolute Gasteiger partial charge is 0.483 e. The van der Waals surface area contributed by atoms with Gasteiger partial charge >= 0.3 is 0 Å². The highest BCUT2D eigenvalue weighted by Crippen LogP contribution is 2.27. The SMILES string of the molecule is CCC(C)NC(=O)C(C)N(Cc1c(Cl)cccc1Cl)C(=O)COc1cc(C)cc(C)c1C. The van der Waals surface area contributed by atoms with Crippen molar-refractivity contribution in [2.24, 2.45) is 0 Å². The van der Waals surface area contributed by atoms with Gasteiger partial charge in [-0.25, -0.2) is 0 Å². The Morgan fingerprint density at radius 3 is 2.31 bits per heavy atom. The molecule has 0 aliphatic rings. The minimum atomic E-state index is -0.729. The number of amides is 2. The van der Waals surface area contributed by atoms with Crippen molar-refractivity contribution in [2.75, 3.05) is 6.61 Å². The predicted octanol–water partition coefficient (Wildman–Crippen LogP) is 5.63. The smallest absolute Gasteiger partial charge is 0.261 e. The molecule has 0 spiro atoms.